The van der Waals surface area contributed by atoms with Gasteiger partial charge in [-0.2, -0.15) is 0 Å². The fourth-order valence-corrected chi connectivity index (χ4v) is 3.60. The lowest BCUT2D eigenvalue weighted by molar-refractivity contribution is -0.125. The molecule has 0 spiro atoms. The highest BCUT2D eigenvalue weighted by Gasteiger charge is 2.31. The van der Waals surface area contributed by atoms with Crippen molar-refractivity contribution in [3.8, 4) is 11.5 Å². The van der Waals surface area contributed by atoms with Crippen LogP contribution in [0.3, 0.4) is 0 Å². The van der Waals surface area contributed by atoms with Crippen molar-refractivity contribution in [2.45, 2.75) is 32.6 Å². The van der Waals surface area contributed by atoms with Gasteiger partial charge in [0, 0.05) is 19.5 Å². The van der Waals surface area contributed by atoms with Gasteiger partial charge in [-0.05, 0) is 42.3 Å². The fourth-order valence-electron chi connectivity index (χ4n) is 3.60. The van der Waals surface area contributed by atoms with Crippen LogP contribution < -0.4 is 19.7 Å². The Morgan fingerprint density at radius 2 is 1.75 bits per heavy atom. The third kappa shape index (κ3) is 5.27. The minimum Gasteiger partial charge on any atom is -0.489 e. The molecular weight excluding hydrogens is 404 g/mol. The topological polar surface area (TPSA) is 67.9 Å². The molecule has 0 saturated carbocycles. The van der Waals surface area contributed by atoms with Gasteiger partial charge >= 0.3 is 0 Å². The first kappa shape index (κ1) is 21.4. The fraction of sp³-hybridized carbons (Fsp3) is 0.231. The molecule has 1 heterocycles. The van der Waals surface area contributed by atoms with Gasteiger partial charge in [-0.1, -0.05) is 54.6 Å². The lowest BCUT2D eigenvalue weighted by atomic mass is 10.1. The Morgan fingerprint density at radius 1 is 1.00 bits per heavy atom. The minimum atomic E-state index is -0.561. The molecule has 0 fully saturated rings. The molecule has 2 amide bonds. The molecule has 3 aromatic carbocycles. The highest BCUT2D eigenvalue weighted by atomic mass is 16.5. The highest BCUT2D eigenvalue weighted by molar-refractivity contribution is 6.00. The maximum atomic E-state index is 12.5. The Hall–Kier alpha value is -3.80. The number of hydrogen-bond donors (Lipinski definition) is 1. The molecule has 4 rings (SSSR count). The van der Waals surface area contributed by atoms with E-state index < -0.39 is 6.10 Å². The van der Waals surface area contributed by atoms with Crippen molar-refractivity contribution < 1.29 is 19.1 Å². The van der Waals surface area contributed by atoms with E-state index in [9.17, 15) is 9.59 Å². The monoisotopic (exact) mass is 430 g/mol. The second-order valence-electron chi connectivity index (χ2n) is 7.67. The van der Waals surface area contributed by atoms with Crippen LogP contribution in [0.15, 0.2) is 78.9 Å². The van der Waals surface area contributed by atoms with E-state index >= 15 is 0 Å². The molecule has 1 aliphatic heterocycles. The van der Waals surface area contributed by atoms with Gasteiger partial charge < -0.3 is 19.7 Å². The SMILES string of the molecule is C[C@H]1Oc2ccccc2N(CCC(=O)NCc2cccc(COc3ccccc3)c2)C1=O. The number of nitrogens with zero attached hydrogens (tertiary/aromatic N) is 1. The summed E-state index contributed by atoms with van der Waals surface area (Å²) in [5.41, 5.74) is 2.73. The quantitative estimate of drug-likeness (QED) is 0.585. The zero-order valence-corrected chi connectivity index (χ0v) is 18.0. The molecule has 3 aromatic rings. The summed E-state index contributed by atoms with van der Waals surface area (Å²) in [6, 6.07) is 25.0. The number of amides is 2. The van der Waals surface area contributed by atoms with Crippen molar-refractivity contribution in [3.05, 3.63) is 90.0 Å². The zero-order valence-electron chi connectivity index (χ0n) is 18.0. The molecule has 32 heavy (non-hydrogen) atoms. The summed E-state index contributed by atoms with van der Waals surface area (Å²) in [5.74, 6) is 1.23. The van der Waals surface area contributed by atoms with Crippen molar-refractivity contribution in [1.29, 1.82) is 0 Å². The molecule has 0 aliphatic carbocycles. The van der Waals surface area contributed by atoms with Gasteiger partial charge in [0.15, 0.2) is 6.10 Å². The Bertz CT molecular complexity index is 1080. The molecule has 164 valence electrons. The molecule has 0 bridgehead atoms. The molecule has 1 N–H and O–H groups in total. The zero-order chi connectivity index (χ0) is 22.3. The van der Waals surface area contributed by atoms with E-state index in [1.165, 1.54) is 0 Å². The van der Waals surface area contributed by atoms with E-state index in [0.29, 0.717) is 31.1 Å². The van der Waals surface area contributed by atoms with Crippen molar-refractivity contribution in [2.75, 3.05) is 11.4 Å². The highest BCUT2D eigenvalue weighted by Crippen LogP contribution is 2.33. The Morgan fingerprint density at radius 3 is 2.59 bits per heavy atom. The van der Waals surface area contributed by atoms with E-state index in [-0.39, 0.29) is 18.2 Å². The van der Waals surface area contributed by atoms with Crippen molar-refractivity contribution in [3.63, 3.8) is 0 Å². The molecule has 1 aliphatic rings. The average Bonchev–Trinajstić information content (AvgIpc) is 2.83. The summed E-state index contributed by atoms with van der Waals surface area (Å²) in [6.45, 7) is 2.91. The molecular formula is C26H26N2O4. The maximum Gasteiger partial charge on any atom is 0.267 e. The van der Waals surface area contributed by atoms with E-state index in [4.69, 9.17) is 9.47 Å². The third-order valence-electron chi connectivity index (χ3n) is 5.27. The van der Waals surface area contributed by atoms with Crippen LogP contribution in [0, 0.1) is 0 Å². The van der Waals surface area contributed by atoms with Crippen molar-refractivity contribution in [2.24, 2.45) is 0 Å². The van der Waals surface area contributed by atoms with E-state index in [0.717, 1.165) is 16.9 Å². The van der Waals surface area contributed by atoms with Crippen LogP contribution in [0.2, 0.25) is 0 Å². The summed E-state index contributed by atoms with van der Waals surface area (Å²) < 4.78 is 11.4. The lowest BCUT2D eigenvalue weighted by Crippen LogP contribution is -2.45. The van der Waals surface area contributed by atoms with Crippen LogP contribution in [0.25, 0.3) is 0 Å². The minimum absolute atomic E-state index is 0.111. The van der Waals surface area contributed by atoms with Crippen LogP contribution in [0.1, 0.15) is 24.5 Å². The smallest absolute Gasteiger partial charge is 0.267 e. The summed E-state index contributed by atoms with van der Waals surface area (Å²) in [5, 5.41) is 2.94. The summed E-state index contributed by atoms with van der Waals surface area (Å²) >= 11 is 0. The molecule has 1 atom stereocenters. The first-order chi connectivity index (χ1) is 15.6. The van der Waals surface area contributed by atoms with Crippen molar-refractivity contribution in [1.82, 2.24) is 5.32 Å². The first-order valence-corrected chi connectivity index (χ1v) is 10.7. The van der Waals surface area contributed by atoms with Gasteiger partial charge in [-0.3, -0.25) is 9.59 Å². The normalized spacial score (nSPS) is 15.0. The number of benzene rings is 3. The molecule has 6 nitrogen and oxygen atoms in total. The second-order valence-corrected chi connectivity index (χ2v) is 7.67. The van der Waals surface area contributed by atoms with Crippen LogP contribution in [-0.2, 0) is 22.7 Å². The standard InChI is InChI=1S/C26H26N2O4/c1-19-26(30)28(23-12-5-6-13-24(23)32-19)15-14-25(29)27-17-20-8-7-9-21(16-20)18-31-22-10-3-2-4-11-22/h2-13,16,19H,14-15,17-18H2,1H3,(H,27,29)/t19-/m1/s1. The van der Waals surface area contributed by atoms with Crippen LogP contribution >= 0.6 is 0 Å². The molecule has 0 saturated heterocycles. The summed E-state index contributed by atoms with van der Waals surface area (Å²) in [7, 11) is 0. The number of hydrogen-bond acceptors (Lipinski definition) is 4. The predicted molar refractivity (Wildman–Crippen MR) is 123 cm³/mol. The van der Waals surface area contributed by atoms with Crippen LogP contribution in [0.5, 0.6) is 11.5 Å². The van der Waals surface area contributed by atoms with Gasteiger partial charge in [-0.25, -0.2) is 0 Å². The Balaban J connectivity index is 1.29. The molecule has 0 unspecified atom stereocenters. The summed E-state index contributed by atoms with van der Waals surface area (Å²) in [4.78, 5) is 26.6. The number of para-hydroxylation sites is 3. The van der Waals surface area contributed by atoms with Gasteiger partial charge in [0.1, 0.15) is 18.1 Å². The third-order valence-corrected chi connectivity index (χ3v) is 5.27. The Labute approximate surface area is 187 Å². The number of carbonyl (C=O) groups is 2. The van der Waals surface area contributed by atoms with Gasteiger partial charge in [0.05, 0.1) is 5.69 Å². The molecule has 0 radical (unpaired) electrons. The van der Waals surface area contributed by atoms with Crippen LogP contribution in [-0.4, -0.2) is 24.5 Å². The van der Waals surface area contributed by atoms with E-state index in [1.54, 1.807) is 11.8 Å². The second kappa shape index (κ2) is 10.0. The number of fused-ring (bicyclic) bond motifs is 1. The lowest BCUT2D eigenvalue weighted by Gasteiger charge is -2.32. The van der Waals surface area contributed by atoms with Gasteiger partial charge in [0.25, 0.3) is 5.91 Å². The van der Waals surface area contributed by atoms with E-state index in [2.05, 4.69) is 5.32 Å². The Kier molecular flexibility index (Phi) is 6.70. The maximum absolute atomic E-state index is 12.5. The number of carbonyl (C=O) groups excluding carboxylic acids is 2. The van der Waals surface area contributed by atoms with Crippen molar-refractivity contribution >= 4 is 17.5 Å². The average molecular weight is 431 g/mol. The first-order valence-electron chi connectivity index (χ1n) is 10.7. The number of anilines is 1. The summed E-state index contributed by atoms with van der Waals surface area (Å²) in [6.07, 6.45) is -0.349. The van der Waals surface area contributed by atoms with Gasteiger partial charge in [0.2, 0.25) is 5.91 Å². The number of rotatable bonds is 8. The van der Waals surface area contributed by atoms with E-state index in [1.807, 2.05) is 78.9 Å². The number of ether oxygens (including phenoxy) is 2. The van der Waals surface area contributed by atoms with Crippen LogP contribution in [0.4, 0.5) is 5.69 Å². The largest absolute Gasteiger partial charge is 0.489 e. The molecule has 6 heteroatoms. The predicted octanol–water partition coefficient (Wildman–Crippen LogP) is 4.09. The number of nitrogens with one attached hydrogen (secondary N) is 1. The van der Waals surface area contributed by atoms with Gasteiger partial charge in [-0.15, -0.1) is 0 Å². The molecule has 0 aromatic heterocycles.